The SMILES string of the molecule is CC(CC=CC(C)(C)C1C2CCC(C)CC(C)CC3CC1C3C2)=C1CC1. The molecule has 146 valence electrons. The van der Waals surface area contributed by atoms with Gasteiger partial charge >= 0.3 is 0 Å². The van der Waals surface area contributed by atoms with Crippen molar-refractivity contribution in [3.63, 3.8) is 0 Å². The van der Waals surface area contributed by atoms with Crippen LogP contribution in [0.15, 0.2) is 23.3 Å². The summed E-state index contributed by atoms with van der Waals surface area (Å²) in [7, 11) is 0. The molecule has 0 nitrogen and oxygen atoms in total. The van der Waals surface area contributed by atoms with E-state index in [4.69, 9.17) is 0 Å². The van der Waals surface area contributed by atoms with Gasteiger partial charge in [0.25, 0.3) is 0 Å². The highest BCUT2D eigenvalue weighted by Crippen LogP contribution is 2.64. The minimum absolute atomic E-state index is 0.381. The van der Waals surface area contributed by atoms with Crippen molar-refractivity contribution in [2.24, 2.45) is 46.8 Å². The van der Waals surface area contributed by atoms with Crippen molar-refractivity contribution in [2.75, 3.05) is 0 Å². The second-order valence-corrected chi connectivity index (χ2v) is 11.4. The summed E-state index contributed by atoms with van der Waals surface area (Å²) in [5, 5.41) is 0. The van der Waals surface area contributed by atoms with Crippen molar-refractivity contribution in [1.29, 1.82) is 0 Å². The Morgan fingerprint density at radius 2 is 1.65 bits per heavy atom. The second kappa shape index (κ2) is 7.14. The third-order valence-corrected chi connectivity index (χ3v) is 8.75. The molecule has 0 heteroatoms. The standard InChI is InChI=1S/C26H42/c1-17-8-9-21-15-23-22(14-18(2)13-17)16-24(23)25(21)26(4,5)12-6-7-19(3)20-10-11-20/h6,12,17-18,21-25H,7-11,13-16H2,1-5H3. The van der Waals surface area contributed by atoms with Crippen LogP contribution in [0.5, 0.6) is 0 Å². The van der Waals surface area contributed by atoms with Gasteiger partial charge in [-0.2, -0.15) is 0 Å². The van der Waals surface area contributed by atoms with E-state index in [1.807, 2.05) is 0 Å². The summed E-state index contributed by atoms with van der Waals surface area (Å²) in [6, 6.07) is 0. The van der Waals surface area contributed by atoms with Gasteiger partial charge in [0.05, 0.1) is 0 Å². The zero-order valence-electron chi connectivity index (χ0n) is 18.1. The lowest BCUT2D eigenvalue weighted by atomic mass is 9.57. The van der Waals surface area contributed by atoms with Crippen LogP contribution in [0.4, 0.5) is 0 Å². The first-order chi connectivity index (χ1) is 12.3. The summed E-state index contributed by atoms with van der Waals surface area (Å²) >= 11 is 0. The molecular weight excluding hydrogens is 312 g/mol. The molecule has 4 rings (SSSR count). The molecule has 4 fully saturated rings. The third kappa shape index (κ3) is 3.72. The minimum atomic E-state index is 0.381. The van der Waals surface area contributed by atoms with Crippen LogP contribution < -0.4 is 0 Å². The predicted octanol–water partition coefficient (Wildman–Crippen LogP) is 7.80. The first-order valence-electron chi connectivity index (χ1n) is 11.7. The van der Waals surface area contributed by atoms with Crippen LogP contribution in [0.25, 0.3) is 0 Å². The molecule has 0 aliphatic heterocycles. The normalized spacial score (nSPS) is 42.7. The van der Waals surface area contributed by atoms with Crippen molar-refractivity contribution in [1.82, 2.24) is 0 Å². The van der Waals surface area contributed by atoms with Gasteiger partial charge in [-0.3, -0.25) is 0 Å². The molecule has 0 aromatic rings. The monoisotopic (exact) mass is 354 g/mol. The highest BCUT2D eigenvalue weighted by Gasteiger charge is 2.56. The lowest BCUT2D eigenvalue weighted by Crippen LogP contribution is -2.41. The highest BCUT2D eigenvalue weighted by atomic mass is 14.6. The number of hydrogen-bond donors (Lipinski definition) is 0. The summed E-state index contributed by atoms with van der Waals surface area (Å²) < 4.78 is 0. The second-order valence-electron chi connectivity index (χ2n) is 11.4. The maximum Gasteiger partial charge on any atom is -0.0139 e. The van der Waals surface area contributed by atoms with E-state index in [1.165, 1.54) is 44.9 Å². The predicted molar refractivity (Wildman–Crippen MR) is 113 cm³/mol. The third-order valence-electron chi connectivity index (χ3n) is 8.75. The first-order valence-corrected chi connectivity index (χ1v) is 11.7. The molecule has 0 heterocycles. The molecule has 26 heavy (non-hydrogen) atoms. The Balaban J connectivity index is 1.48. The van der Waals surface area contributed by atoms with Crippen molar-refractivity contribution in [3.05, 3.63) is 23.3 Å². The first kappa shape index (κ1) is 18.8. The van der Waals surface area contributed by atoms with Gasteiger partial charge in [-0.05, 0) is 105 Å². The molecule has 0 radical (unpaired) electrons. The average Bonchev–Trinajstić information content (AvgIpc) is 3.35. The molecule has 0 saturated heterocycles. The number of fused-ring (bicyclic) bond motifs is 1. The summed E-state index contributed by atoms with van der Waals surface area (Å²) in [5.74, 6) is 7.00. The molecule has 4 aliphatic carbocycles. The zero-order chi connectivity index (χ0) is 18.5. The molecule has 4 aliphatic rings. The fraction of sp³-hybridized carbons (Fsp3) is 0.846. The van der Waals surface area contributed by atoms with Crippen LogP contribution in [-0.4, -0.2) is 0 Å². The van der Waals surface area contributed by atoms with Crippen LogP contribution >= 0.6 is 0 Å². The Hall–Kier alpha value is -0.520. The van der Waals surface area contributed by atoms with E-state index in [-0.39, 0.29) is 0 Å². The molecule has 0 spiro atoms. The van der Waals surface area contributed by atoms with Gasteiger partial charge in [-0.15, -0.1) is 0 Å². The van der Waals surface area contributed by atoms with Gasteiger partial charge in [0, 0.05) is 0 Å². The van der Waals surface area contributed by atoms with Crippen LogP contribution in [0, 0.1) is 46.8 Å². The Labute approximate surface area is 162 Å². The highest BCUT2D eigenvalue weighted by molar-refractivity contribution is 5.25. The number of hydrogen-bond acceptors (Lipinski definition) is 0. The van der Waals surface area contributed by atoms with E-state index in [0.717, 1.165) is 41.4 Å². The van der Waals surface area contributed by atoms with Gasteiger partial charge in [0.2, 0.25) is 0 Å². The van der Waals surface area contributed by atoms with E-state index in [1.54, 1.807) is 24.0 Å². The molecule has 7 unspecified atom stereocenters. The van der Waals surface area contributed by atoms with Crippen molar-refractivity contribution in [3.8, 4) is 0 Å². The van der Waals surface area contributed by atoms with Gasteiger partial charge in [-0.1, -0.05) is 57.4 Å². The number of rotatable bonds is 4. The summed E-state index contributed by atoms with van der Waals surface area (Å²) in [4.78, 5) is 0. The van der Waals surface area contributed by atoms with E-state index in [0.29, 0.717) is 5.41 Å². The van der Waals surface area contributed by atoms with Gasteiger partial charge in [-0.25, -0.2) is 0 Å². The van der Waals surface area contributed by atoms with Crippen LogP contribution in [0.3, 0.4) is 0 Å². The largest absolute Gasteiger partial charge is 0.0839 e. The quantitative estimate of drug-likeness (QED) is 0.452. The van der Waals surface area contributed by atoms with Crippen LogP contribution in [-0.2, 0) is 0 Å². The smallest absolute Gasteiger partial charge is 0.0139 e. The topological polar surface area (TPSA) is 0 Å². The molecule has 2 bridgehead atoms. The fourth-order valence-corrected chi connectivity index (χ4v) is 7.41. The number of allylic oxidation sites excluding steroid dienone is 4. The summed E-state index contributed by atoms with van der Waals surface area (Å²) in [6.45, 7) is 12.5. The zero-order valence-corrected chi connectivity index (χ0v) is 18.1. The van der Waals surface area contributed by atoms with E-state index in [9.17, 15) is 0 Å². The molecule has 7 atom stereocenters. The molecule has 0 aromatic carbocycles. The van der Waals surface area contributed by atoms with Crippen molar-refractivity contribution >= 4 is 0 Å². The maximum absolute atomic E-state index is 2.62. The summed E-state index contributed by atoms with van der Waals surface area (Å²) in [6.07, 6.45) is 18.1. The Kier molecular flexibility index (Phi) is 5.17. The molecule has 0 aromatic heterocycles. The molecule has 0 N–H and O–H groups in total. The Bertz CT molecular complexity index is 571. The average molecular weight is 355 g/mol. The van der Waals surface area contributed by atoms with E-state index >= 15 is 0 Å². The molecule has 0 amide bonds. The van der Waals surface area contributed by atoms with Crippen molar-refractivity contribution < 1.29 is 0 Å². The lowest BCUT2D eigenvalue weighted by Gasteiger charge is -2.48. The van der Waals surface area contributed by atoms with Crippen LogP contribution in [0.2, 0.25) is 0 Å². The molecule has 4 saturated carbocycles. The van der Waals surface area contributed by atoms with Gasteiger partial charge in [0.15, 0.2) is 0 Å². The Morgan fingerprint density at radius 3 is 2.38 bits per heavy atom. The Morgan fingerprint density at radius 1 is 0.923 bits per heavy atom. The summed E-state index contributed by atoms with van der Waals surface area (Å²) in [5.41, 5.74) is 3.76. The van der Waals surface area contributed by atoms with Crippen molar-refractivity contribution in [2.45, 2.75) is 92.4 Å². The fourth-order valence-electron chi connectivity index (χ4n) is 7.41. The van der Waals surface area contributed by atoms with Gasteiger partial charge in [0.1, 0.15) is 0 Å². The van der Waals surface area contributed by atoms with E-state index in [2.05, 4.69) is 46.8 Å². The lowest BCUT2D eigenvalue weighted by molar-refractivity contribution is 0.0235. The maximum atomic E-state index is 2.62. The van der Waals surface area contributed by atoms with Gasteiger partial charge < -0.3 is 0 Å². The minimum Gasteiger partial charge on any atom is -0.0839 e. The molecular formula is C26H42. The van der Waals surface area contributed by atoms with Crippen LogP contribution in [0.1, 0.15) is 92.4 Å². The van der Waals surface area contributed by atoms with E-state index < -0.39 is 0 Å².